The zero-order valence-electron chi connectivity index (χ0n) is 12.1. The first-order chi connectivity index (χ1) is 8.99. The summed E-state index contributed by atoms with van der Waals surface area (Å²) in [6.45, 7) is 4.09. The van der Waals surface area contributed by atoms with Crippen LogP contribution in [-0.4, -0.2) is 18.2 Å². The van der Waals surface area contributed by atoms with Crippen molar-refractivity contribution in [3.05, 3.63) is 28.8 Å². The number of aliphatic hydroxyl groups is 1. The van der Waals surface area contributed by atoms with E-state index in [9.17, 15) is 5.11 Å². The largest absolute Gasteiger partial charge is 0.389 e. The molecule has 1 aliphatic carbocycles. The molecule has 1 aliphatic rings. The van der Waals surface area contributed by atoms with Crippen LogP contribution in [0.2, 0.25) is 5.02 Å². The second-order valence-corrected chi connectivity index (χ2v) is 6.33. The van der Waals surface area contributed by atoms with Gasteiger partial charge >= 0.3 is 0 Å². The Morgan fingerprint density at radius 2 is 2.11 bits per heavy atom. The van der Waals surface area contributed by atoms with Gasteiger partial charge in [0, 0.05) is 13.1 Å². The average molecular weight is 282 g/mol. The van der Waals surface area contributed by atoms with E-state index in [0.717, 1.165) is 22.2 Å². The van der Waals surface area contributed by atoms with Gasteiger partial charge in [0.05, 0.1) is 16.8 Å². The van der Waals surface area contributed by atoms with E-state index in [2.05, 4.69) is 18.9 Å². The Morgan fingerprint density at radius 3 is 2.68 bits per heavy atom. The predicted molar refractivity (Wildman–Crippen MR) is 81.9 cm³/mol. The second kappa shape index (κ2) is 6.15. The molecule has 0 aromatic heterocycles. The molecule has 3 heteroatoms. The predicted octanol–water partition coefficient (Wildman–Crippen LogP) is 4.41. The van der Waals surface area contributed by atoms with Crippen LogP contribution in [0.1, 0.15) is 51.2 Å². The minimum atomic E-state index is -0.466. The highest BCUT2D eigenvalue weighted by atomic mass is 35.5. The minimum Gasteiger partial charge on any atom is -0.389 e. The molecule has 3 atom stereocenters. The average Bonchev–Trinajstić information content (AvgIpc) is 2.37. The lowest BCUT2D eigenvalue weighted by molar-refractivity contribution is 0.199. The van der Waals surface area contributed by atoms with Gasteiger partial charge in [-0.1, -0.05) is 37.4 Å². The number of rotatable bonds is 3. The molecule has 1 N–H and O–H groups in total. The first-order valence-electron chi connectivity index (χ1n) is 7.19. The Balaban J connectivity index is 2.16. The molecule has 0 saturated heterocycles. The van der Waals surface area contributed by atoms with Gasteiger partial charge in [0.2, 0.25) is 0 Å². The van der Waals surface area contributed by atoms with Crippen molar-refractivity contribution >= 4 is 17.3 Å². The standard InChI is InChI=1S/C16H24ClNO/c1-11-5-4-6-14(9-11)18(3)16-8-7-13(12(2)19)10-15(16)17/h7-8,10-12,14,19H,4-6,9H2,1-3H3. The van der Waals surface area contributed by atoms with E-state index in [0.29, 0.717) is 6.04 Å². The van der Waals surface area contributed by atoms with E-state index in [1.807, 2.05) is 18.2 Å². The summed E-state index contributed by atoms with van der Waals surface area (Å²) < 4.78 is 0. The maximum atomic E-state index is 9.59. The van der Waals surface area contributed by atoms with Crippen molar-refractivity contribution in [3.8, 4) is 0 Å². The molecule has 0 heterocycles. The van der Waals surface area contributed by atoms with Crippen molar-refractivity contribution in [2.45, 2.75) is 51.7 Å². The van der Waals surface area contributed by atoms with E-state index >= 15 is 0 Å². The number of anilines is 1. The van der Waals surface area contributed by atoms with Crippen LogP contribution >= 0.6 is 11.6 Å². The van der Waals surface area contributed by atoms with Gasteiger partial charge < -0.3 is 10.0 Å². The second-order valence-electron chi connectivity index (χ2n) is 5.92. The Hall–Kier alpha value is -0.730. The number of aliphatic hydroxyl groups excluding tert-OH is 1. The summed E-state index contributed by atoms with van der Waals surface area (Å²) in [5.74, 6) is 0.803. The van der Waals surface area contributed by atoms with Crippen LogP contribution in [0.3, 0.4) is 0 Å². The highest BCUT2D eigenvalue weighted by Gasteiger charge is 2.23. The summed E-state index contributed by atoms with van der Waals surface area (Å²) in [5, 5.41) is 10.3. The zero-order chi connectivity index (χ0) is 14.0. The Kier molecular flexibility index (Phi) is 4.75. The molecule has 19 heavy (non-hydrogen) atoms. The SMILES string of the molecule is CC1CCCC(N(C)c2ccc(C(C)O)cc2Cl)C1. The van der Waals surface area contributed by atoms with Crippen LogP contribution in [-0.2, 0) is 0 Å². The molecule has 1 aromatic carbocycles. The molecule has 0 radical (unpaired) electrons. The van der Waals surface area contributed by atoms with Gasteiger partial charge in [-0.15, -0.1) is 0 Å². The van der Waals surface area contributed by atoms with Gasteiger partial charge in [0.1, 0.15) is 0 Å². The maximum Gasteiger partial charge on any atom is 0.0762 e. The lowest BCUT2D eigenvalue weighted by Gasteiger charge is -2.36. The molecule has 0 spiro atoms. The van der Waals surface area contributed by atoms with Gasteiger partial charge in [-0.05, 0) is 43.4 Å². The summed E-state index contributed by atoms with van der Waals surface area (Å²) in [7, 11) is 2.13. The van der Waals surface area contributed by atoms with Crippen LogP contribution < -0.4 is 4.90 Å². The Bertz CT molecular complexity index is 433. The highest BCUT2D eigenvalue weighted by molar-refractivity contribution is 6.33. The summed E-state index contributed by atoms with van der Waals surface area (Å²) in [5.41, 5.74) is 1.95. The van der Waals surface area contributed by atoms with E-state index < -0.39 is 6.10 Å². The summed E-state index contributed by atoms with van der Waals surface area (Å²) >= 11 is 6.37. The van der Waals surface area contributed by atoms with Gasteiger partial charge in [-0.25, -0.2) is 0 Å². The Labute approximate surface area is 121 Å². The third kappa shape index (κ3) is 3.43. The molecule has 1 saturated carbocycles. The van der Waals surface area contributed by atoms with E-state index in [-0.39, 0.29) is 0 Å². The zero-order valence-corrected chi connectivity index (χ0v) is 12.8. The van der Waals surface area contributed by atoms with Crippen molar-refractivity contribution in [2.75, 3.05) is 11.9 Å². The number of hydrogen-bond acceptors (Lipinski definition) is 2. The first kappa shape index (κ1) is 14.7. The molecule has 0 aliphatic heterocycles. The molecule has 0 amide bonds. The fourth-order valence-corrected chi connectivity index (χ4v) is 3.34. The minimum absolute atomic E-state index is 0.466. The normalized spacial score (nSPS) is 25.1. The van der Waals surface area contributed by atoms with Crippen molar-refractivity contribution in [1.82, 2.24) is 0 Å². The maximum absolute atomic E-state index is 9.59. The molecular weight excluding hydrogens is 258 g/mol. The Morgan fingerprint density at radius 1 is 1.37 bits per heavy atom. The monoisotopic (exact) mass is 281 g/mol. The number of hydrogen-bond donors (Lipinski definition) is 1. The van der Waals surface area contributed by atoms with Crippen LogP contribution in [0.5, 0.6) is 0 Å². The highest BCUT2D eigenvalue weighted by Crippen LogP contribution is 2.34. The van der Waals surface area contributed by atoms with Crippen LogP contribution in [0.4, 0.5) is 5.69 Å². The van der Waals surface area contributed by atoms with Crippen LogP contribution in [0, 0.1) is 5.92 Å². The fraction of sp³-hybridized carbons (Fsp3) is 0.625. The fourth-order valence-electron chi connectivity index (χ4n) is 3.02. The molecular formula is C16H24ClNO. The number of benzene rings is 1. The topological polar surface area (TPSA) is 23.5 Å². The van der Waals surface area contributed by atoms with Crippen LogP contribution in [0.15, 0.2) is 18.2 Å². The van der Waals surface area contributed by atoms with Gasteiger partial charge in [-0.2, -0.15) is 0 Å². The van der Waals surface area contributed by atoms with Gasteiger partial charge in [0.25, 0.3) is 0 Å². The molecule has 2 rings (SSSR count). The third-order valence-corrected chi connectivity index (χ3v) is 4.59. The van der Waals surface area contributed by atoms with Crippen molar-refractivity contribution < 1.29 is 5.11 Å². The van der Waals surface area contributed by atoms with Crippen molar-refractivity contribution in [1.29, 1.82) is 0 Å². The lowest BCUT2D eigenvalue weighted by atomic mass is 9.86. The van der Waals surface area contributed by atoms with E-state index in [1.54, 1.807) is 6.92 Å². The van der Waals surface area contributed by atoms with Crippen molar-refractivity contribution in [3.63, 3.8) is 0 Å². The molecule has 0 bridgehead atoms. The first-order valence-corrected chi connectivity index (χ1v) is 7.57. The van der Waals surface area contributed by atoms with Gasteiger partial charge in [0.15, 0.2) is 0 Å². The summed E-state index contributed by atoms with van der Waals surface area (Å²) in [6, 6.07) is 6.46. The quantitative estimate of drug-likeness (QED) is 0.887. The number of nitrogens with zero attached hydrogens (tertiary/aromatic N) is 1. The molecule has 106 valence electrons. The third-order valence-electron chi connectivity index (χ3n) is 4.29. The summed E-state index contributed by atoms with van der Waals surface area (Å²) in [6.07, 6.45) is 4.67. The summed E-state index contributed by atoms with van der Waals surface area (Å²) in [4.78, 5) is 2.31. The van der Waals surface area contributed by atoms with Gasteiger partial charge in [-0.3, -0.25) is 0 Å². The number of halogens is 1. The smallest absolute Gasteiger partial charge is 0.0762 e. The van der Waals surface area contributed by atoms with E-state index in [1.165, 1.54) is 25.7 Å². The lowest BCUT2D eigenvalue weighted by Crippen LogP contribution is -2.35. The van der Waals surface area contributed by atoms with E-state index in [4.69, 9.17) is 11.6 Å². The molecule has 3 unspecified atom stereocenters. The van der Waals surface area contributed by atoms with Crippen molar-refractivity contribution in [2.24, 2.45) is 5.92 Å². The molecule has 1 aromatic rings. The van der Waals surface area contributed by atoms with Crippen LogP contribution in [0.25, 0.3) is 0 Å². The molecule has 2 nitrogen and oxygen atoms in total. The molecule has 1 fully saturated rings.